The van der Waals surface area contributed by atoms with Gasteiger partial charge in [0, 0.05) is 19.1 Å². The number of benzene rings is 1. The molecule has 0 aliphatic carbocycles. The Labute approximate surface area is 223 Å². The highest BCUT2D eigenvalue weighted by atomic mass is 16.6. The van der Waals surface area contributed by atoms with Crippen LogP contribution in [0.25, 0.3) is 0 Å². The van der Waals surface area contributed by atoms with Gasteiger partial charge in [-0.15, -0.1) is 0 Å². The standard InChI is InChI=1S/C19H29NO2.C10H19NO4/c1-13(2)9-14-5-6-17-16-11-19(22-4)18(21-3)10-15(16)7-8-20(17)12-14;1-6(2)7(8(12)13)11-9(14)15-10(3,4)5/h10-11,13-14,17H,5-9,12H2,1-4H3;6-7H,1-5H3,(H,11,14)(H,12,13). The van der Waals surface area contributed by atoms with Gasteiger partial charge in [-0.2, -0.15) is 0 Å². The maximum atomic E-state index is 11.3. The minimum absolute atomic E-state index is 0.185. The Kier molecular flexibility index (Phi) is 11.1. The SMILES string of the molecule is CC(C)C(NC(=O)OC(C)(C)C)C(=O)O.COc1cc2c(cc1OC)C1CCC(CC(C)C)CN1CC2. The van der Waals surface area contributed by atoms with E-state index in [9.17, 15) is 9.59 Å². The summed E-state index contributed by atoms with van der Waals surface area (Å²) in [6, 6.07) is 4.06. The van der Waals surface area contributed by atoms with Crippen molar-refractivity contribution >= 4 is 12.1 Å². The molecule has 0 spiro atoms. The first-order valence-electron chi connectivity index (χ1n) is 13.5. The highest BCUT2D eigenvalue weighted by Crippen LogP contribution is 2.43. The van der Waals surface area contributed by atoms with E-state index in [1.807, 2.05) is 0 Å². The molecule has 8 nitrogen and oxygen atoms in total. The summed E-state index contributed by atoms with van der Waals surface area (Å²) < 4.78 is 15.9. The van der Waals surface area contributed by atoms with Crippen molar-refractivity contribution in [2.45, 2.75) is 91.8 Å². The molecule has 2 N–H and O–H groups in total. The molecule has 1 saturated heterocycles. The normalized spacial score (nSPS) is 20.2. The lowest BCUT2D eigenvalue weighted by Gasteiger charge is -2.44. The summed E-state index contributed by atoms with van der Waals surface area (Å²) in [6.45, 7) is 15.7. The molecule has 2 heterocycles. The van der Waals surface area contributed by atoms with E-state index in [4.69, 9.17) is 19.3 Å². The average molecular weight is 521 g/mol. The van der Waals surface area contributed by atoms with Gasteiger partial charge in [0.15, 0.2) is 11.5 Å². The molecule has 8 heteroatoms. The largest absolute Gasteiger partial charge is 0.493 e. The van der Waals surface area contributed by atoms with E-state index in [-0.39, 0.29) is 5.92 Å². The molecule has 3 atom stereocenters. The number of nitrogens with zero attached hydrogens (tertiary/aromatic N) is 1. The maximum Gasteiger partial charge on any atom is 0.408 e. The predicted molar refractivity (Wildman–Crippen MR) is 145 cm³/mol. The van der Waals surface area contributed by atoms with Crippen LogP contribution < -0.4 is 14.8 Å². The van der Waals surface area contributed by atoms with Crippen LogP contribution in [0.2, 0.25) is 0 Å². The number of ether oxygens (including phenoxy) is 3. The van der Waals surface area contributed by atoms with Gasteiger partial charge >= 0.3 is 12.1 Å². The third-order valence-corrected chi connectivity index (χ3v) is 6.86. The van der Waals surface area contributed by atoms with Crippen LogP contribution in [0.3, 0.4) is 0 Å². The summed E-state index contributed by atoms with van der Waals surface area (Å²) >= 11 is 0. The molecule has 1 aromatic rings. The van der Waals surface area contributed by atoms with Crippen LogP contribution in [0.15, 0.2) is 12.1 Å². The van der Waals surface area contributed by atoms with Crippen LogP contribution in [-0.4, -0.2) is 61.0 Å². The summed E-state index contributed by atoms with van der Waals surface area (Å²) in [5.74, 6) is 2.17. The van der Waals surface area contributed by atoms with Crippen molar-refractivity contribution in [2.24, 2.45) is 17.8 Å². The second-order valence-corrected chi connectivity index (χ2v) is 11.9. The number of carboxylic acid groups (broad SMARTS) is 1. The lowest BCUT2D eigenvalue weighted by Crippen LogP contribution is -2.46. The second kappa shape index (κ2) is 13.4. The van der Waals surface area contributed by atoms with Crippen LogP contribution in [0.4, 0.5) is 4.79 Å². The number of carbonyl (C=O) groups excluding carboxylic acids is 1. The lowest BCUT2D eigenvalue weighted by molar-refractivity contribution is -0.140. The van der Waals surface area contributed by atoms with E-state index < -0.39 is 23.7 Å². The minimum atomic E-state index is -1.06. The Balaban J connectivity index is 0.000000283. The molecule has 210 valence electrons. The van der Waals surface area contributed by atoms with Crippen molar-refractivity contribution in [3.05, 3.63) is 23.3 Å². The Morgan fingerprint density at radius 1 is 1.08 bits per heavy atom. The maximum absolute atomic E-state index is 11.3. The van der Waals surface area contributed by atoms with Gasteiger partial charge in [0.2, 0.25) is 0 Å². The van der Waals surface area contributed by atoms with Crippen LogP contribution in [0, 0.1) is 17.8 Å². The van der Waals surface area contributed by atoms with Gasteiger partial charge < -0.3 is 24.6 Å². The smallest absolute Gasteiger partial charge is 0.408 e. The van der Waals surface area contributed by atoms with E-state index in [0.29, 0.717) is 6.04 Å². The van der Waals surface area contributed by atoms with Crippen molar-refractivity contribution < 1.29 is 28.9 Å². The van der Waals surface area contributed by atoms with Gasteiger partial charge in [0.05, 0.1) is 14.2 Å². The molecule has 0 bridgehead atoms. The second-order valence-electron chi connectivity index (χ2n) is 11.9. The third kappa shape index (κ3) is 9.09. The zero-order chi connectivity index (χ0) is 27.9. The van der Waals surface area contributed by atoms with Crippen LogP contribution in [-0.2, 0) is 16.0 Å². The first kappa shape index (κ1) is 30.7. The summed E-state index contributed by atoms with van der Waals surface area (Å²) in [5, 5.41) is 11.1. The van der Waals surface area contributed by atoms with Crippen molar-refractivity contribution in [3.63, 3.8) is 0 Å². The van der Waals surface area contributed by atoms with Gasteiger partial charge in [-0.05, 0) is 87.5 Å². The number of alkyl carbamates (subject to hydrolysis) is 1. The lowest BCUT2D eigenvalue weighted by atomic mass is 9.81. The molecule has 1 amide bonds. The van der Waals surface area contributed by atoms with E-state index in [1.54, 1.807) is 48.8 Å². The monoisotopic (exact) mass is 520 g/mol. The Morgan fingerprint density at radius 2 is 1.70 bits per heavy atom. The molecule has 37 heavy (non-hydrogen) atoms. The summed E-state index contributed by atoms with van der Waals surface area (Å²) in [5.41, 5.74) is 2.29. The number of aliphatic carboxylic acids is 1. The number of fused-ring (bicyclic) bond motifs is 3. The van der Waals surface area contributed by atoms with E-state index in [0.717, 1.165) is 29.8 Å². The number of carbonyl (C=O) groups is 2. The van der Waals surface area contributed by atoms with Gasteiger partial charge in [-0.25, -0.2) is 9.59 Å². The van der Waals surface area contributed by atoms with Gasteiger partial charge in [-0.1, -0.05) is 27.7 Å². The van der Waals surface area contributed by atoms with Crippen LogP contribution >= 0.6 is 0 Å². The van der Waals surface area contributed by atoms with E-state index >= 15 is 0 Å². The fraction of sp³-hybridized carbons (Fsp3) is 0.724. The topological polar surface area (TPSA) is 97.3 Å². The number of hydrogen-bond donors (Lipinski definition) is 2. The first-order chi connectivity index (χ1) is 17.2. The number of hydrogen-bond acceptors (Lipinski definition) is 6. The summed E-state index contributed by atoms with van der Waals surface area (Å²) in [7, 11) is 3.45. The summed E-state index contributed by atoms with van der Waals surface area (Å²) in [6.07, 6.45) is 4.42. The number of methoxy groups -OCH3 is 2. The molecule has 2 aliphatic heterocycles. The first-order valence-corrected chi connectivity index (χ1v) is 13.5. The molecular formula is C29H48N2O6. The molecule has 3 unspecified atom stereocenters. The van der Waals surface area contributed by atoms with Crippen molar-refractivity contribution in [3.8, 4) is 11.5 Å². The molecule has 0 saturated carbocycles. The van der Waals surface area contributed by atoms with E-state index in [1.165, 1.54) is 43.5 Å². The fourth-order valence-electron chi connectivity index (χ4n) is 5.26. The zero-order valence-electron chi connectivity index (χ0n) is 24.2. The minimum Gasteiger partial charge on any atom is -0.493 e. The Hall–Kier alpha value is -2.48. The van der Waals surface area contributed by atoms with Crippen molar-refractivity contribution in [2.75, 3.05) is 27.3 Å². The number of carboxylic acids is 1. The number of amides is 1. The molecule has 1 aromatic carbocycles. The Morgan fingerprint density at radius 3 is 2.22 bits per heavy atom. The van der Waals surface area contributed by atoms with Crippen molar-refractivity contribution in [1.82, 2.24) is 10.2 Å². The number of nitrogens with one attached hydrogen (secondary N) is 1. The average Bonchev–Trinajstić information content (AvgIpc) is 2.79. The zero-order valence-corrected chi connectivity index (χ0v) is 24.2. The highest BCUT2D eigenvalue weighted by Gasteiger charge is 2.34. The number of rotatable bonds is 7. The molecule has 1 fully saturated rings. The molecule has 2 aliphatic rings. The molecule has 0 aromatic heterocycles. The van der Waals surface area contributed by atoms with Crippen molar-refractivity contribution in [1.29, 1.82) is 0 Å². The fourth-order valence-corrected chi connectivity index (χ4v) is 5.26. The molecular weight excluding hydrogens is 472 g/mol. The predicted octanol–water partition coefficient (Wildman–Crippen LogP) is 5.68. The van der Waals surface area contributed by atoms with Gasteiger partial charge in [0.25, 0.3) is 0 Å². The Bertz CT molecular complexity index is 908. The van der Waals surface area contributed by atoms with E-state index in [2.05, 4.69) is 36.2 Å². The quantitative estimate of drug-likeness (QED) is 0.477. The van der Waals surface area contributed by atoms with Crippen LogP contribution in [0.5, 0.6) is 11.5 Å². The van der Waals surface area contributed by atoms with Gasteiger partial charge in [-0.3, -0.25) is 4.90 Å². The number of piperidine rings is 1. The van der Waals surface area contributed by atoms with Crippen LogP contribution in [0.1, 0.15) is 84.9 Å². The molecule has 0 radical (unpaired) electrons. The third-order valence-electron chi connectivity index (χ3n) is 6.86. The summed E-state index contributed by atoms with van der Waals surface area (Å²) in [4.78, 5) is 24.8. The highest BCUT2D eigenvalue weighted by molar-refractivity contribution is 5.80. The van der Waals surface area contributed by atoms with Gasteiger partial charge in [0.1, 0.15) is 11.6 Å². The molecule has 3 rings (SSSR count).